The Kier molecular flexibility index (Phi) is 6.46. The first-order valence-electron chi connectivity index (χ1n) is 17.6. The lowest BCUT2D eigenvalue weighted by atomic mass is 9.93. The average molecular weight is 699 g/mol. The SMILES string of the molecule is Cc1ccc2c(c1)c1cc(C)ccc1c1nc(-c3cc(-c4cccc5c4sc4ccccc45)cc(-c4cccc5c4sc4ccccc45)c3)cnc21. The highest BCUT2D eigenvalue weighted by Crippen LogP contribution is 2.45. The van der Waals surface area contributed by atoms with Crippen molar-refractivity contribution in [1.82, 2.24) is 9.97 Å². The van der Waals surface area contributed by atoms with Crippen molar-refractivity contribution in [2.45, 2.75) is 13.8 Å². The lowest BCUT2D eigenvalue weighted by Gasteiger charge is -2.14. The predicted molar refractivity (Wildman–Crippen MR) is 226 cm³/mol. The largest absolute Gasteiger partial charge is 0.252 e. The van der Waals surface area contributed by atoms with Crippen LogP contribution in [0, 0.1) is 13.8 Å². The molecule has 0 aliphatic heterocycles. The molecule has 0 atom stereocenters. The first-order valence-corrected chi connectivity index (χ1v) is 19.3. The molecule has 0 aliphatic carbocycles. The summed E-state index contributed by atoms with van der Waals surface area (Å²) in [5.41, 5.74) is 11.1. The molecule has 0 saturated carbocycles. The number of benzene rings is 8. The molecule has 0 N–H and O–H groups in total. The normalized spacial score (nSPS) is 12.0. The second-order valence-corrected chi connectivity index (χ2v) is 16.0. The fourth-order valence-electron chi connectivity index (χ4n) is 8.12. The number of nitrogens with zero attached hydrogens (tertiary/aromatic N) is 2. The van der Waals surface area contributed by atoms with E-state index in [2.05, 4.69) is 153 Å². The van der Waals surface area contributed by atoms with E-state index >= 15 is 0 Å². The van der Waals surface area contributed by atoms with Gasteiger partial charge in [-0.2, -0.15) is 0 Å². The summed E-state index contributed by atoms with van der Waals surface area (Å²) in [6.07, 6.45) is 1.98. The van der Waals surface area contributed by atoms with Crippen LogP contribution in [0.2, 0.25) is 0 Å². The van der Waals surface area contributed by atoms with E-state index in [1.54, 1.807) is 0 Å². The molecule has 4 heteroatoms. The maximum Gasteiger partial charge on any atom is 0.0979 e. The Balaban J connectivity index is 1.21. The van der Waals surface area contributed by atoms with Crippen molar-refractivity contribution in [3.05, 3.63) is 157 Å². The topological polar surface area (TPSA) is 25.8 Å². The van der Waals surface area contributed by atoms with Gasteiger partial charge in [0.2, 0.25) is 0 Å². The lowest BCUT2D eigenvalue weighted by molar-refractivity contribution is 1.31. The van der Waals surface area contributed by atoms with Crippen molar-refractivity contribution >= 4 is 95.6 Å². The molecule has 3 aromatic heterocycles. The molecule has 11 rings (SSSR count). The quantitative estimate of drug-likeness (QED) is 0.172. The first-order chi connectivity index (χ1) is 25.6. The van der Waals surface area contributed by atoms with Crippen LogP contribution in [0.1, 0.15) is 11.1 Å². The standard InChI is InChI=1S/C48H30N2S2/c1-27-17-19-36-40(21-27)41-22-28(2)18-20-37(41)46-45(36)49-26-42(50-46)31-24-29(32-11-7-13-38-34-9-3-5-15-43(34)51-47(32)38)23-30(25-31)33-12-8-14-39-35-10-4-6-16-44(35)52-48(33)39/h3-26H,1-2H3. The molecule has 0 amide bonds. The molecule has 0 aliphatic rings. The minimum atomic E-state index is 0.871. The van der Waals surface area contributed by atoms with Gasteiger partial charge in [0.15, 0.2) is 0 Å². The Morgan fingerprint density at radius 3 is 1.48 bits per heavy atom. The van der Waals surface area contributed by atoms with Crippen LogP contribution in [0.15, 0.2) is 146 Å². The molecule has 0 bridgehead atoms. The van der Waals surface area contributed by atoms with Crippen LogP contribution in [0.5, 0.6) is 0 Å². The van der Waals surface area contributed by atoms with Crippen molar-refractivity contribution in [1.29, 1.82) is 0 Å². The van der Waals surface area contributed by atoms with Gasteiger partial charge >= 0.3 is 0 Å². The molecular weight excluding hydrogens is 669 g/mol. The number of fused-ring (bicyclic) bond motifs is 12. The summed E-state index contributed by atoms with van der Waals surface area (Å²) < 4.78 is 5.22. The fraction of sp³-hybridized carbons (Fsp3) is 0.0417. The van der Waals surface area contributed by atoms with Crippen LogP contribution < -0.4 is 0 Å². The molecule has 0 fully saturated rings. The van der Waals surface area contributed by atoms with E-state index in [1.807, 2.05) is 28.9 Å². The molecule has 52 heavy (non-hydrogen) atoms. The van der Waals surface area contributed by atoms with Gasteiger partial charge < -0.3 is 0 Å². The van der Waals surface area contributed by atoms with E-state index in [1.165, 1.54) is 84.5 Å². The third-order valence-corrected chi connectivity index (χ3v) is 13.0. The highest BCUT2D eigenvalue weighted by Gasteiger charge is 2.18. The zero-order valence-corrected chi connectivity index (χ0v) is 30.2. The summed E-state index contributed by atoms with van der Waals surface area (Å²) in [6.45, 7) is 4.32. The predicted octanol–water partition coefficient (Wildman–Crippen LogP) is 14.3. The van der Waals surface area contributed by atoms with Gasteiger partial charge in [-0.15, -0.1) is 22.7 Å². The molecular formula is C48H30N2S2. The molecule has 11 aromatic rings. The van der Waals surface area contributed by atoms with Gasteiger partial charge in [-0.05, 0) is 77.2 Å². The lowest BCUT2D eigenvalue weighted by Crippen LogP contribution is -1.94. The summed E-state index contributed by atoms with van der Waals surface area (Å²) in [7, 11) is 0. The zero-order valence-electron chi connectivity index (χ0n) is 28.6. The number of aromatic nitrogens is 2. The fourth-order valence-corrected chi connectivity index (χ4v) is 10.6. The summed E-state index contributed by atoms with van der Waals surface area (Å²) >= 11 is 3.75. The highest BCUT2D eigenvalue weighted by atomic mass is 32.1. The van der Waals surface area contributed by atoms with Crippen molar-refractivity contribution in [3.63, 3.8) is 0 Å². The molecule has 0 saturated heterocycles. The first kappa shape index (κ1) is 29.8. The van der Waals surface area contributed by atoms with Crippen molar-refractivity contribution in [2.75, 3.05) is 0 Å². The van der Waals surface area contributed by atoms with Gasteiger partial charge in [-0.3, -0.25) is 4.98 Å². The van der Waals surface area contributed by atoms with E-state index in [9.17, 15) is 0 Å². The van der Waals surface area contributed by atoms with E-state index < -0.39 is 0 Å². The van der Waals surface area contributed by atoms with Crippen LogP contribution in [-0.4, -0.2) is 9.97 Å². The monoisotopic (exact) mass is 698 g/mol. The Morgan fingerprint density at radius 1 is 0.404 bits per heavy atom. The van der Waals surface area contributed by atoms with Crippen LogP contribution in [0.25, 0.3) is 106 Å². The van der Waals surface area contributed by atoms with Crippen LogP contribution in [0.3, 0.4) is 0 Å². The third kappa shape index (κ3) is 4.48. The summed E-state index contributed by atoms with van der Waals surface area (Å²) in [5, 5.41) is 9.93. The molecule has 2 nitrogen and oxygen atoms in total. The smallest absolute Gasteiger partial charge is 0.0979 e. The third-order valence-electron chi connectivity index (χ3n) is 10.6. The number of hydrogen-bond acceptors (Lipinski definition) is 4. The Bertz CT molecular complexity index is 3140. The summed E-state index contributed by atoms with van der Waals surface area (Å²) in [5.74, 6) is 0. The van der Waals surface area contributed by atoms with Crippen LogP contribution in [-0.2, 0) is 0 Å². The second-order valence-electron chi connectivity index (χ2n) is 13.9. The summed E-state index contributed by atoms with van der Waals surface area (Å²) in [6, 6.07) is 51.3. The molecule has 0 radical (unpaired) electrons. The molecule has 0 unspecified atom stereocenters. The maximum absolute atomic E-state index is 5.48. The maximum atomic E-state index is 5.48. The number of aryl methyl sites for hydroxylation is 2. The van der Waals surface area contributed by atoms with E-state index in [-0.39, 0.29) is 0 Å². The summed E-state index contributed by atoms with van der Waals surface area (Å²) in [4.78, 5) is 10.7. The number of rotatable bonds is 3. The zero-order chi connectivity index (χ0) is 34.5. The van der Waals surface area contributed by atoms with Gasteiger partial charge in [0.25, 0.3) is 0 Å². The molecule has 8 aromatic carbocycles. The minimum absolute atomic E-state index is 0.871. The van der Waals surface area contributed by atoms with Crippen LogP contribution in [0.4, 0.5) is 0 Å². The Morgan fingerprint density at radius 2 is 0.904 bits per heavy atom. The Hall–Kier alpha value is -5.94. The van der Waals surface area contributed by atoms with Crippen molar-refractivity contribution in [2.24, 2.45) is 0 Å². The number of hydrogen-bond donors (Lipinski definition) is 0. The molecule has 244 valence electrons. The van der Waals surface area contributed by atoms with Crippen LogP contribution >= 0.6 is 22.7 Å². The molecule has 3 heterocycles. The van der Waals surface area contributed by atoms with Gasteiger partial charge in [0.05, 0.1) is 22.9 Å². The van der Waals surface area contributed by atoms with E-state index in [4.69, 9.17) is 9.97 Å². The highest BCUT2D eigenvalue weighted by molar-refractivity contribution is 7.26. The molecule has 0 spiro atoms. The Labute approximate surface area is 308 Å². The number of thiophene rings is 2. The van der Waals surface area contributed by atoms with Gasteiger partial charge in [-0.25, -0.2) is 4.98 Å². The van der Waals surface area contributed by atoms with Gasteiger partial charge in [0, 0.05) is 56.7 Å². The van der Waals surface area contributed by atoms with Crippen molar-refractivity contribution in [3.8, 4) is 33.5 Å². The average Bonchev–Trinajstić information content (AvgIpc) is 3.76. The van der Waals surface area contributed by atoms with Gasteiger partial charge in [0.1, 0.15) is 0 Å². The van der Waals surface area contributed by atoms with E-state index in [0.717, 1.165) is 33.1 Å². The second kappa shape index (κ2) is 11.3. The van der Waals surface area contributed by atoms with Gasteiger partial charge in [-0.1, -0.05) is 120 Å². The van der Waals surface area contributed by atoms with E-state index in [0.29, 0.717) is 0 Å². The minimum Gasteiger partial charge on any atom is -0.252 e. The van der Waals surface area contributed by atoms with Crippen molar-refractivity contribution < 1.29 is 0 Å².